The van der Waals surface area contributed by atoms with E-state index in [1.165, 1.54) is 0 Å². The zero-order chi connectivity index (χ0) is 11.4. The van der Waals surface area contributed by atoms with Crippen molar-refractivity contribution in [2.24, 2.45) is 0 Å². The first kappa shape index (κ1) is 10.9. The zero-order valence-electron chi connectivity index (χ0n) is 8.11. The minimum Gasteiger partial charge on any atom is -0.243 e. The lowest BCUT2D eigenvalue weighted by atomic mass is 10.2. The van der Waals surface area contributed by atoms with E-state index in [-0.39, 0.29) is 0 Å². The van der Waals surface area contributed by atoms with Crippen molar-refractivity contribution in [3.63, 3.8) is 0 Å². The number of nitrogens with zero attached hydrogens (tertiary/aromatic N) is 2. The van der Waals surface area contributed by atoms with E-state index in [0.717, 1.165) is 11.1 Å². The summed E-state index contributed by atoms with van der Waals surface area (Å²) in [6.07, 6.45) is 3.25. The lowest BCUT2D eigenvalue weighted by Gasteiger charge is -1.91. The molecule has 0 bridgehead atoms. The molecule has 0 aliphatic rings. The Hall–Kier alpha value is -1.56. The van der Waals surface area contributed by atoms with Gasteiger partial charge in [-0.2, -0.15) is 0 Å². The quantitative estimate of drug-likeness (QED) is 0.529. The van der Waals surface area contributed by atoms with Crippen molar-refractivity contribution < 1.29 is 0 Å². The van der Waals surface area contributed by atoms with E-state index in [0.29, 0.717) is 10.3 Å². The van der Waals surface area contributed by atoms with Crippen molar-refractivity contribution in [3.05, 3.63) is 58.1 Å². The molecule has 0 fully saturated rings. The van der Waals surface area contributed by atoms with Crippen LogP contribution in [0.1, 0.15) is 11.1 Å². The maximum absolute atomic E-state index is 5.66. The standard InChI is InChI=1S/C12H6Cl2N2/c13-11-5-3-9(7-15-11)1-2-10-4-6-12(14)16-8-10/h3-8H. The fourth-order valence-electron chi connectivity index (χ4n) is 1.04. The van der Waals surface area contributed by atoms with Gasteiger partial charge in [-0.1, -0.05) is 35.0 Å². The summed E-state index contributed by atoms with van der Waals surface area (Å²) in [6.45, 7) is 0. The van der Waals surface area contributed by atoms with Crippen LogP contribution in [-0.4, -0.2) is 9.97 Å². The van der Waals surface area contributed by atoms with Gasteiger partial charge in [-0.05, 0) is 24.3 Å². The molecule has 0 spiro atoms. The van der Waals surface area contributed by atoms with Gasteiger partial charge in [0.25, 0.3) is 0 Å². The summed E-state index contributed by atoms with van der Waals surface area (Å²) in [6, 6.07) is 7.02. The molecule has 0 aliphatic heterocycles. The molecule has 2 nitrogen and oxygen atoms in total. The molecule has 2 heterocycles. The van der Waals surface area contributed by atoms with Gasteiger partial charge in [0.2, 0.25) is 0 Å². The molecule has 0 aliphatic carbocycles. The monoisotopic (exact) mass is 248 g/mol. The fourth-order valence-corrected chi connectivity index (χ4v) is 1.27. The smallest absolute Gasteiger partial charge is 0.129 e. The minimum absolute atomic E-state index is 0.457. The van der Waals surface area contributed by atoms with Crippen molar-refractivity contribution in [1.29, 1.82) is 0 Å². The highest BCUT2D eigenvalue weighted by Gasteiger charge is 1.90. The molecular weight excluding hydrogens is 243 g/mol. The normalized spacial score (nSPS) is 9.38. The van der Waals surface area contributed by atoms with E-state index in [1.807, 2.05) is 12.1 Å². The minimum atomic E-state index is 0.457. The Morgan fingerprint density at radius 3 is 1.50 bits per heavy atom. The third-order valence-electron chi connectivity index (χ3n) is 1.81. The Balaban J connectivity index is 2.21. The molecule has 0 atom stereocenters. The second-order valence-electron chi connectivity index (χ2n) is 2.99. The predicted octanol–water partition coefficient (Wildman–Crippen LogP) is 3.18. The second kappa shape index (κ2) is 4.98. The van der Waals surface area contributed by atoms with Gasteiger partial charge in [0, 0.05) is 23.5 Å². The average molecular weight is 249 g/mol. The highest BCUT2D eigenvalue weighted by molar-refractivity contribution is 6.29. The third-order valence-corrected chi connectivity index (χ3v) is 2.25. The number of rotatable bonds is 0. The van der Waals surface area contributed by atoms with Gasteiger partial charge in [-0.3, -0.25) is 0 Å². The summed E-state index contributed by atoms with van der Waals surface area (Å²) in [5, 5.41) is 0.914. The Labute approximate surface area is 103 Å². The number of aromatic nitrogens is 2. The van der Waals surface area contributed by atoms with Gasteiger partial charge < -0.3 is 0 Å². The van der Waals surface area contributed by atoms with Crippen molar-refractivity contribution in [3.8, 4) is 11.8 Å². The molecule has 2 rings (SSSR count). The molecule has 0 saturated heterocycles. The Morgan fingerprint density at radius 1 is 0.750 bits per heavy atom. The van der Waals surface area contributed by atoms with Gasteiger partial charge in [0.15, 0.2) is 0 Å². The van der Waals surface area contributed by atoms with Crippen LogP contribution in [0.5, 0.6) is 0 Å². The van der Waals surface area contributed by atoms with Crippen molar-refractivity contribution in [2.75, 3.05) is 0 Å². The van der Waals surface area contributed by atoms with E-state index in [1.54, 1.807) is 24.5 Å². The largest absolute Gasteiger partial charge is 0.243 e. The van der Waals surface area contributed by atoms with E-state index < -0.39 is 0 Å². The van der Waals surface area contributed by atoms with Crippen LogP contribution in [-0.2, 0) is 0 Å². The SMILES string of the molecule is Clc1ccc(C#Cc2ccc(Cl)nc2)cn1. The summed E-state index contributed by atoms with van der Waals surface area (Å²) < 4.78 is 0. The van der Waals surface area contributed by atoms with Crippen LogP contribution in [0.15, 0.2) is 36.7 Å². The van der Waals surface area contributed by atoms with Gasteiger partial charge in [0.05, 0.1) is 0 Å². The first-order chi connectivity index (χ1) is 7.74. The van der Waals surface area contributed by atoms with Gasteiger partial charge in [-0.15, -0.1) is 0 Å². The van der Waals surface area contributed by atoms with Gasteiger partial charge in [0.1, 0.15) is 10.3 Å². The lowest BCUT2D eigenvalue weighted by Crippen LogP contribution is -1.80. The Bertz CT molecular complexity index is 486. The first-order valence-corrected chi connectivity index (χ1v) is 5.25. The third kappa shape index (κ3) is 2.96. The lowest BCUT2D eigenvalue weighted by molar-refractivity contribution is 1.31. The molecule has 0 aromatic carbocycles. The number of halogens is 2. The summed E-state index contributed by atoms with van der Waals surface area (Å²) in [5.74, 6) is 5.91. The molecule has 2 aromatic heterocycles. The molecule has 0 saturated carbocycles. The summed E-state index contributed by atoms with van der Waals surface area (Å²) in [4.78, 5) is 7.86. The van der Waals surface area contributed by atoms with Crippen molar-refractivity contribution >= 4 is 23.2 Å². The summed E-state index contributed by atoms with van der Waals surface area (Å²) in [7, 11) is 0. The number of hydrogen-bond donors (Lipinski definition) is 0. The maximum Gasteiger partial charge on any atom is 0.129 e. The predicted molar refractivity (Wildman–Crippen MR) is 64.5 cm³/mol. The number of hydrogen-bond acceptors (Lipinski definition) is 2. The molecule has 0 radical (unpaired) electrons. The molecule has 2 aromatic rings. The Kier molecular flexibility index (Phi) is 3.40. The highest BCUT2D eigenvalue weighted by atomic mass is 35.5. The zero-order valence-corrected chi connectivity index (χ0v) is 9.63. The molecule has 0 unspecified atom stereocenters. The van der Waals surface area contributed by atoms with Gasteiger partial charge in [-0.25, -0.2) is 9.97 Å². The van der Waals surface area contributed by atoms with E-state index in [2.05, 4.69) is 21.8 Å². The molecule has 16 heavy (non-hydrogen) atoms. The van der Waals surface area contributed by atoms with Crippen LogP contribution < -0.4 is 0 Å². The van der Waals surface area contributed by atoms with Crippen LogP contribution in [0.3, 0.4) is 0 Å². The molecule has 0 amide bonds. The van der Waals surface area contributed by atoms with Crippen LogP contribution in [0, 0.1) is 11.8 Å². The topological polar surface area (TPSA) is 25.8 Å². The summed E-state index contributed by atoms with van der Waals surface area (Å²) >= 11 is 11.3. The first-order valence-electron chi connectivity index (χ1n) is 4.49. The van der Waals surface area contributed by atoms with Crippen LogP contribution in [0.2, 0.25) is 10.3 Å². The summed E-state index contributed by atoms with van der Waals surface area (Å²) in [5.41, 5.74) is 1.61. The van der Waals surface area contributed by atoms with Crippen LogP contribution in [0.25, 0.3) is 0 Å². The molecule has 78 valence electrons. The van der Waals surface area contributed by atoms with E-state index >= 15 is 0 Å². The average Bonchev–Trinajstić information content (AvgIpc) is 2.30. The fraction of sp³-hybridized carbons (Fsp3) is 0. The van der Waals surface area contributed by atoms with Crippen molar-refractivity contribution in [2.45, 2.75) is 0 Å². The molecule has 4 heteroatoms. The Morgan fingerprint density at radius 2 is 1.19 bits per heavy atom. The van der Waals surface area contributed by atoms with Crippen LogP contribution in [0.4, 0.5) is 0 Å². The maximum atomic E-state index is 5.66. The van der Waals surface area contributed by atoms with Crippen LogP contribution >= 0.6 is 23.2 Å². The molecule has 0 N–H and O–H groups in total. The van der Waals surface area contributed by atoms with E-state index in [4.69, 9.17) is 23.2 Å². The highest BCUT2D eigenvalue weighted by Crippen LogP contribution is 2.06. The van der Waals surface area contributed by atoms with Gasteiger partial charge >= 0.3 is 0 Å². The van der Waals surface area contributed by atoms with E-state index in [9.17, 15) is 0 Å². The number of pyridine rings is 2. The molecular formula is C12H6Cl2N2. The van der Waals surface area contributed by atoms with Crippen molar-refractivity contribution in [1.82, 2.24) is 9.97 Å². The second-order valence-corrected chi connectivity index (χ2v) is 3.76.